The Morgan fingerprint density at radius 2 is 2.09 bits per heavy atom. The summed E-state index contributed by atoms with van der Waals surface area (Å²) < 4.78 is 73.4. The fourth-order valence-corrected chi connectivity index (χ4v) is 3.58. The van der Waals surface area contributed by atoms with Crippen LogP contribution in [0, 0.1) is 17.1 Å². The zero-order chi connectivity index (χ0) is 23.1. The van der Waals surface area contributed by atoms with Crippen molar-refractivity contribution in [2.45, 2.75) is 30.8 Å². The van der Waals surface area contributed by atoms with E-state index in [0.717, 1.165) is 6.07 Å². The number of hydrogen-bond acceptors (Lipinski definition) is 7. The summed E-state index contributed by atoms with van der Waals surface area (Å²) in [5.74, 6) is -0.630. The first-order valence-corrected chi connectivity index (χ1v) is 9.32. The third-order valence-corrected chi connectivity index (χ3v) is 5.18. The highest BCUT2D eigenvalue weighted by molar-refractivity contribution is 5.99. The van der Waals surface area contributed by atoms with Gasteiger partial charge in [0, 0.05) is 24.7 Å². The quantitative estimate of drug-likeness (QED) is 0.699. The summed E-state index contributed by atoms with van der Waals surface area (Å²) in [6.07, 6.45) is -6.91. The molecule has 2 aliphatic rings. The Morgan fingerprint density at radius 1 is 1.31 bits per heavy atom. The predicted molar refractivity (Wildman–Crippen MR) is 103 cm³/mol. The molecule has 4 rings (SSSR count). The Bertz CT molecular complexity index is 1150. The Kier molecular flexibility index (Phi) is 5.20. The second-order valence-corrected chi connectivity index (χ2v) is 7.29. The van der Waals surface area contributed by atoms with Crippen LogP contribution in [0.1, 0.15) is 28.8 Å². The summed E-state index contributed by atoms with van der Waals surface area (Å²) in [6.45, 7) is -1.28. The van der Waals surface area contributed by atoms with E-state index in [1.165, 1.54) is 18.3 Å². The maximum atomic E-state index is 14.9. The van der Waals surface area contributed by atoms with Crippen LogP contribution >= 0.6 is 0 Å². The van der Waals surface area contributed by atoms with Crippen molar-refractivity contribution in [1.82, 2.24) is 10.3 Å². The maximum absolute atomic E-state index is 14.9. The van der Waals surface area contributed by atoms with E-state index in [1.54, 1.807) is 6.07 Å². The topological polar surface area (TPSA) is 109 Å². The minimum absolute atomic E-state index is 0.148. The van der Waals surface area contributed by atoms with Gasteiger partial charge in [0.1, 0.15) is 29.8 Å². The van der Waals surface area contributed by atoms with Gasteiger partial charge >= 0.3 is 6.18 Å². The molecule has 0 bridgehead atoms. The summed E-state index contributed by atoms with van der Waals surface area (Å²) >= 11 is 0. The number of nitriles is 1. The lowest BCUT2D eigenvalue weighted by molar-refractivity contribution is -0.209. The van der Waals surface area contributed by atoms with Gasteiger partial charge in [0.2, 0.25) is 0 Å². The summed E-state index contributed by atoms with van der Waals surface area (Å²) in [7, 11) is 0. The van der Waals surface area contributed by atoms with Crippen LogP contribution in [-0.4, -0.2) is 35.8 Å². The van der Waals surface area contributed by atoms with E-state index in [-0.39, 0.29) is 12.2 Å². The SMILES string of the molecule is N#Cc1ccc(C2=Nc3cc([C@]4(CF)C[C@@H](C(F)(F)F)OC(N)=N4)c(F)cc3CN2)nc1. The van der Waals surface area contributed by atoms with E-state index in [4.69, 9.17) is 11.0 Å². The van der Waals surface area contributed by atoms with Crippen LogP contribution in [0.3, 0.4) is 0 Å². The molecule has 7 nitrogen and oxygen atoms in total. The Balaban J connectivity index is 1.78. The molecular formula is C20H15F5N6O. The Labute approximate surface area is 178 Å². The van der Waals surface area contributed by atoms with Gasteiger partial charge < -0.3 is 15.8 Å². The van der Waals surface area contributed by atoms with E-state index >= 15 is 0 Å². The van der Waals surface area contributed by atoms with E-state index in [2.05, 4.69) is 25.0 Å². The number of pyridine rings is 1. The van der Waals surface area contributed by atoms with E-state index in [1.807, 2.05) is 6.07 Å². The van der Waals surface area contributed by atoms with Crippen molar-refractivity contribution >= 4 is 17.5 Å². The third-order valence-electron chi connectivity index (χ3n) is 5.18. The lowest BCUT2D eigenvalue weighted by Gasteiger charge is -2.37. The van der Waals surface area contributed by atoms with E-state index in [9.17, 15) is 22.0 Å². The van der Waals surface area contributed by atoms with Gasteiger partial charge in [0.05, 0.1) is 11.3 Å². The van der Waals surface area contributed by atoms with Crippen molar-refractivity contribution in [2.75, 3.05) is 6.67 Å². The first kappa shape index (κ1) is 21.5. The fraction of sp³-hybridized carbons (Fsp3) is 0.300. The monoisotopic (exact) mass is 450 g/mol. The van der Waals surface area contributed by atoms with Crippen molar-refractivity contribution < 1.29 is 26.7 Å². The number of nitrogens with two attached hydrogens (primary N) is 1. The maximum Gasteiger partial charge on any atom is 0.425 e. The average molecular weight is 450 g/mol. The summed E-state index contributed by atoms with van der Waals surface area (Å²) in [6, 6.07) is 6.40. The van der Waals surface area contributed by atoms with Gasteiger partial charge in [-0.2, -0.15) is 18.4 Å². The molecule has 1 aromatic heterocycles. The molecule has 32 heavy (non-hydrogen) atoms. The lowest BCUT2D eigenvalue weighted by Crippen LogP contribution is -2.48. The number of ether oxygens (including phenoxy) is 1. The first-order valence-electron chi connectivity index (χ1n) is 9.32. The fourth-order valence-electron chi connectivity index (χ4n) is 3.58. The van der Waals surface area contributed by atoms with Gasteiger partial charge in [0.15, 0.2) is 11.9 Å². The predicted octanol–water partition coefficient (Wildman–Crippen LogP) is 3.10. The molecule has 0 aliphatic carbocycles. The minimum atomic E-state index is -4.85. The van der Waals surface area contributed by atoms with Crippen LogP contribution in [0.15, 0.2) is 40.4 Å². The number of alkyl halides is 4. The largest absolute Gasteiger partial charge is 0.452 e. The molecule has 0 spiro atoms. The number of aliphatic imine (C=N–C) groups is 2. The van der Waals surface area contributed by atoms with Gasteiger partial charge in [-0.15, -0.1) is 0 Å². The smallest absolute Gasteiger partial charge is 0.425 e. The molecule has 0 saturated carbocycles. The number of rotatable bonds is 3. The van der Waals surface area contributed by atoms with Crippen LogP contribution in [0.25, 0.3) is 0 Å². The number of fused-ring (bicyclic) bond motifs is 1. The number of benzene rings is 1. The minimum Gasteiger partial charge on any atom is -0.452 e. The average Bonchev–Trinajstić information content (AvgIpc) is 2.77. The summed E-state index contributed by atoms with van der Waals surface area (Å²) in [5, 5.41) is 11.8. The summed E-state index contributed by atoms with van der Waals surface area (Å²) in [5.41, 5.74) is 4.14. The van der Waals surface area contributed by atoms with Gasteiger partial charge in [-0.05, 0) is 29.8 Å². The van der Waals surface area contributed by atoms with Crippen LogP contribution in [-0.2, 0) is 16.8 Å². The molecule has 2 aliphatic heterocycles. The molecule has 0 fully saturated rings. The highest BCUT2D eigenvalue weighted by Crippen LogP contribution is 2.43. The molecular weight excluding hydrogens is 435 g/mol. The normalized spacial score (nSPS) is 22.6. The highest BCUT2D eigenvalue weighted by Gasteiger charge is 2.52. The zero-order valence-corrected chi connectivity index (χ0v) is 16.2. The van der Waals surface area contributed by atoms with Crippen LogP contribution in [0.2, 0.25) is 0 Å². The van der Waals surface area contributed by atoms with Crippen molar-refractivity contribution in [3.63, 3.8) is 0 Å². The third kappa shape index (κ3) is 3.81. The van der Waals surface area contributed by atoms with Crippen LogP contribution < -0.4 is 11.1 Å². The molecule has 3 heterocycles. The molecule has 12 heteroatoms. The van der Waals surface area contributed by atoms with Crippen molar-refractivity contribution in [3.8, 4) is 6.07 Å². The van der Waals surface area contributed by atoms with Crippen molar-refractivity contribution in [1.29, 1.82) is 5.26 Å². The molecule has 2 aromatic rings. The Morgan fingerprint density at radius 3 is 2.72 bits per heavy atom. The molecule has 1 aromatic carbocycles. The molecule has 0 radical (unpaired) electrons. The van der Waals surface area contributed by atoms with Gasteiger partial charge in [-0.3, -0.25) is 4.98 Å². The molecule has 0 amide bonds. The lowest BCUT2D eigenvalue weighted by atomic mass is 9.83. The molecule has 0 saturated heterocycles. The van der Waals surface area contributed by atoms with Crippen molar-refractivity contribution in [2.24, 2.45) is 15.7 Å². The summed E-state index contributed by atoms with van der Waals surface area (Å²) in [4.78, 5) is 12.2. The van der Waals surface area contributed by atoms with Crippen LogP contribution in [0.5, 0.6) is 0 Å². The van der Waals surface area contributed by atoms with E-state index < -0.39 is 48.3 Å². The second-order valence-electron chi connectivity index (χ2n) is 7.29. The van der Waals surface area contributed by atoms with Gasteiger partial charge in [-0.1, -0.05) is 0 Å². The van der Waals surface area contributed by atoms with Crippen molar-refractivity contribution in [3.05, 3.63) is 58.7 Å². The van der Waals surface area contributed by atoms with E-state index in [0.29, 0.717) is 22.7 Å². The van der Waals surface area contributed by atoms with Crippen LogP contribution in [0.4, 0.5) is 27.6 Å². The molecule has 166 valence electrons. The first-order chi connectivity index (χ1) is 15.1. The van der Waals surface area contributed by atoms with Gasteiger partial charge in [-0.25, -0.2) is 18.8 Å². The highest BCUT2D eigenvalue weighted by atomic mass is 19.4. The molecule has 0 unspecified atom stereocenters. The number of nitrogens with one attached hydrogen (secondary N) is 1. The Hall–Kier alpha value is -3.75. The molecule has 2 atom stereocenters. The number of hydrogen-bond donors (Lipinski definition) is 2. The van der Waals surface area contributed by atoms with Gasteiger partial charge in [0.25, 0.3) is 6.02 Å². The molecule has 3 N–H and O–H groups in total. The number of aromatic nitrogens is 1. The zero-order valence-electron chi connectivity index (χ0n) is 16.2. The number of amidine groups is 2. The number of halogens is 5. The standard InChI is InChI=1S/C20H15F5N6O/c21-9-19(5-16(20(23,24)25)32-18(27)31-19)12-4-15-11(3-13(12)22)8-29-17(30-15)14-2-1-10(6-26)7-28-14/h1-4,7,16H,5,8-9H2,(H2,27,31)(H,29,30)/t16-,19+/m0/s1. The number of nitrogens with zero attached hydrogens (tertiary/aromatic N) is 4. The second kappa shape index (κ2) is 7.74.